The summed E-state index contributed by atoms with van der Waals surface area (Å²) < 4.78 is 29.5. The lowest BCUT2D eigenvalue weighted by molar-refractivity contribution is -0.117. The highest BCUT2D eigenvalue weighted by atomic mass is 35.5. The highest BCUT2D eigenvalue weighted by Gasteiger charge is 2.34. The zero-order chi connectivity index (χ0) is 16.4. The summed E-state index contributed by atoms with van der Waals surface area (Å²) in [5, 5.41) is 6.31. The number of aryl methyl sites for hydroxylation is 1. The Morgan fingerprint density at radius 3 is 2.62 bits per heavy atom. The molecule has 2 aliphatic heterocycles. The molecule has 3 rings (SSSR count). The Morgan fingerprint density at radius 2 is 2.00 bits per heavy atom. The molecule has 2 bridgehead atoms. The van der Waals surface area contributed by atoms with Gasteiger partial charge in [0.05, 0.1) is 5.69 Å². The average molecular weight is 361 g/mol. The second kappa shape index (κ2) is 8.12. The molecule has 2 N–H and O–H groups in total. The van der Waals surface area contributed by atoms with E-state index in [1.54, 1.807) is 19.1 Å². The van der Waals surface area contributed by atoms with E-state index in [2.05, 4.69) is 15.4 Å². The van der Waals surface area contributed by atoms with Crippen LogP contribution in [0.2, 0.25) is 0 Å². The molecule has 0 aliphatic carbocycles. The van der Waals surface area contributed by atoms with Crippen LogP contribution in [0.25, 0.3) is 0 Å². The van der Waals surface area contributed by atoms with Crippen molar-refractivity contribution in [1.82, 2.24) is 5.32 Å². The van der Waals surface area contributed by atoms with Crippen LogP contribution < -0.4 is 15.4 Å². The highest BCUT2D eigenvalue weighted by molar-refractivity contribution is 5.93. The number of rotatable bonds is 5. The number of ether oxygens (including phenoxy) is 1. The first kappa shape index (κ1) is 18.9. The van der Waals surface area contributed by atoms with Crippen LogP contribution in [0.15, 0.2) is 18.2 Å². The lowest BCUT2D eigenvalue weighted by Crippen LogP contribution is -2.39. The molecule has 2 aliphatic rings. The molecule has 7 heteroatoms. The van der Waals surface area contributed by atoms with Gasteiger partial charge in [0.15, 0.2) is 0 Å². The van der Waals surface area contributed by atoms with Gasteiger partial charge in [-0.05, 0) is 50.2 Å². The number of halogens is 3. The van der Waals surface area contributed by atoms with E-state index in [-0.39, 0.29) is 24.1 Å². The topological polar surface area (TPSA) is 50.4 Å². The number of carbonyl (C=O) groups excluding carboxylic acids is 1. The van der Waals surface area contributed by atoms with Crippen LogP contribution in [0.4, 0.5) is 14.5 Å². The lowest BCUT2D eigenvalue weighted by Gasteiger charge is -2.28. The molecule has 134 valence electrons. The summed E-state index contributed by atoms with van der Waals surface area (Å²) >= 11 is 0. The van der Waals surface area contributed by atoms with Crippen LogP contribution in [0, 0.1) is 12.8 Å². The number of hydrogen-bond acceptors (Lipinski definition) is 3. The van der Waals surface area contributed by atoms with Gasteiger partial charge in [-0.3, -0.25) is 4.79 Å². The van der Waals surface area contributed by atoms with Crippen molar-refractivity contribution in [1.29, 1.82) is 0 Å². The van der Waals surface area contributed by atoms with E-state index in [9.17, 15) is 13.6 Å². The molecule has 0 saturated carbocycles. The molecule has 4 nitrogen and oxygen atoms in total. The maximum Gasteiger partial charge on any atom is 0.387 e. The lowest BCUT2D eigenvalue weighted by atomic mass is 9.89. The molecule has 1 aromatic rings. The van der Waals surface area contributed by atoms with E-state index in [4.69, 9.17) is 0 Å². The van der Waals surface area contributed by atoms with Gasteiger partial charge in [0.2, 0.25) is 5.91 Å². The fraction of sp³-hybridized carbons (Fsp3) is 0.588. The van der Waals surface area contributed by atoms with Gasteiger partial charge in [0.25, 0.3) is 0 Å². The van der Waals surface area contributed by atoms with Gasteiger partial charge in [-0.1, -0.05) is 12.1 Å². The van der Waals surface area contributed by atoms with Gasteiger partial charge in [-0.2, -0.15) is 8.78 Å². The van der Waals surface area contributed by atoms with Crippen LogP contribution in [0.5, 0.6) is 5.75 Å². The van der Waals surface area contributed by atoms with E-state index in [0.717, 1.165) is 12.8 Å². The molecule has 1 aromatic carbocycles. The van der Waals surface area contributed by atoms with E-state index < -0.39 is 6.61 Å². The zero-order valence-electron chi connectivity index (χ0n) is 13.6. The van der Waals surface area contributed by atoms with Gasteiger partial charge < -0.3 is 15.4 Å². The van der Waals surface area contributed by atoms with Gasteiger partial charge in [0, 0.05) is 18.5 Å². The van der Waals surface area contributed by atoms with E-state index in [1.165, 1.54) is 18.9 Å². The third-order valence-electron chi connectivity index (χ3n) is 4.76. The van der Waals surface area contributed by atoms with Crippen LogP contribution in [0.1, 0.15) is 37.7 Å². The molecule has 24 heavy (non-hydrogen) atoms. The minimum absolute atomic E-state index is 0. The average Bonchev–Trinajstić information content (AvgIpc) is 2.81. The third kappa shape index (κ3) is 4.57. The number of piperidine rings is 1. The number of nitrogens with one attached hydrogen (secondary N) is 2. The van der Waals surface area contributed by atoms with Crippen molar-refractivity contribution in [3.8, 4) is 5.75 Å². The molecule has 0 spiro atoms. The molecule has 2 saturated heterocycles. The van der Waals surface area contributed by atoms with Gasteiger partial charge >= 0.3 is 6.61 Å². The van der Waals surface area contributed by atoms with E-state index in [1.807, 2.05) is 0 Å². The molecule has 2 atom stereocenters. The van der Waals surface area contributed by atoms with Crippen LogP contribution in [-0.4, -0.2) is 24.6 Å². The Kier molecular flexibility index (Phi) is 6.40. The van der Waals surface area contributed by atoms with Crippen molar-refractivity contribution < 1.29 is 18.3 Å². The van der Waals surface area contributed by atoms with Crippen molar-refractivity contribution >= 4 is 24.0 Å². The fourth-order valence-electron chi connectivity index (χ4n) is 3.79. The van der Waals surface area contributed by atoms with Crippen molar-refractivity contribution in [2.75, 3.05) is 5.32 Å². The quantitative estimate of drug-likeness (QED) is 0.837. The summed E-state index contributed by atoms with van der Waals surface area (Å²) in [7, 11) is 0. The largest absolute Gasteiger partial charge is 0.433 e. The predicted octanol–water partition coefficient (Wildman–Crippen LogP) is 3.88. The number of alkyl halides is 2. The number of hydrogen-bond donors (Lipinski definition) is 2. The van der Waals surface area contributed by atoms with Gasteiger partial charge in [-0.15, -0.1) is 12.4 Å². The first-order valence-corrected chi connectivity index (χ1v) is 8.11. The second-order valence-corrected chi connectivity index (χ2v) is 6.55. The van der Waals surface area contributed by atoms with Crippen molar-refractivity contribution in [2.45, 2.75) is 57.7 Å². The molecule has 2 unspecified atom stereocenters. The number of para-hydroxylation sites is 1. The number of anilines is 1. The van der Waals surface area contributed by atoms with Crippen molar-refractivity contribution in [3.05, 3.63) is 23.8 Å². The van der Waals surface area contributed by atoms with Gasteiger partial charge in [-0.25, -0.2) is 0 Å². The Hall–Kier alpha value is -1.40. The summed E-state index contributed by atoms with van der Waals surface area (Å²) in [5.41, 5.74) is 1.05. The summed E-state index contributed by atoms with van der Waals surface area (Å²) in [4.78, 5) is 12.3. The molecule has 2 fully saturated rings. The second-order valence-electron chi connectivity index (χ2n) is 6.55. The summed E-state index contributed by atoms with van der Waals surface area (Å²) in [6.45, 7) is -1.15. The van der Waals surface area contributed by atoms with Gasteiger partial charge in [0.1, 0.15) is 5.75 Å². The predicted molar refractivity (Wildman–Crippen MR) is 91.0 cm³/mol. The number of benzene rings is 1. The van der Waals surface area contributed by atoms with E-state index in [0.29, 0.717) is 35.7 Å². The van der Waals surface area contributed by atoms with Crippen molar-refractivity contribution in [3.63, 3.8) is 0 Å². The monoisotopic (exact) mass is 360 g/mol. The maximum absolute atomic E-state index is 12.5. The zero-order valence-corrected chi connectivity index (χ0v) is 14.4. The molecule has 2 heterocycles. The Balaban J connectivity index is 0.00000208. The van der Waals surface area contributed by atoms with Crippen molar-refractivity contribution in [2.24, 2.45) is 5.92 Å². The Morgan fingerprint density at radius 1 is 1.33 bits per heavy atom. The minimum Gasteiger partial charge on any atom is -0.433 e. The summed E-state index contributed by atoms with van der Waals surface area (Å²) in [6, 6.07) is 5.90. The Labute approximate surface area is 146 Å². The Bertz CT molecular complexity index is 574. The molecule has 0 aromatic heterocycles. The first-order chi connectivity index (χ1) is 11.0. The summed E-state index contributed by atoms with van der Waals surface area (Å²) in [6.07, 6.45) is 4.83. The summed E-state index contributed by atoms with van der Waals surface area (Å²) in [5.74, 6) is 0.237. The SMILES string of the molecule is Cc1cccc(OC(F)F)c1NC(=O)CC1CC2CCC(C1)N2.Cl. The minimum atomic E-state index is -2.91. The van der Waals surface area contributed by atoms with Crippen LogP contribution in [-0.2, 0) is 4.79 Å². The highest BCUT2D eigenvalue weighted by Crippen LogP contribution is 2.34. The molecule has 1 amide bonds. The maximum atomic E-state index is 12.5. The number of amides is 1. The number of carbonyl (C=O) groups is 1. The third-order valence-corrected chi connectivity index (χ3v) is 4.76. The first-order valence-electron chi connectivity index (χ1n) is 8.11. The fourth-order valence-corrected chi connectivity index (χ4v) is 3.79. The van der Waals surface area contributed by atoms with Crippen LogP contribution in [0.3, 0.4) is 0 Å². The van der Waals surface area contributed by atoms with E-state index >= 15 is 0 Å². The van der Waals surface area contributed by atoms with Crippen LogP contribution >= 0.6 is 12.4 Å². The molecule has 0 radical (unpaired) electrons. The standard InChI is InChI=1S/C17H22F2N2O2.ClH/c1-10-3-2-4-14(23-17(18)19)16(10)21-15(22)9-11-7-12-5-6-13(8-11)20-12;/h2-4,11-13,17,20H,5-9H2,1H3,(H,21,22);1H. The molecular formula is C17H23ClF2N2O2. The molecular weight excluding hydrogens is 338 g/mol. The smallest absolute Gasteiger partial charge is 0.387 e. The normalized spacial score (nSPS) is 25.2. The number of fused-ring (bicyclic) bond motifs is 2.